The van der Waals surface area contributed by atoms with Crippen LogP contribution >= 0.6 is 0 Å². The van der Waals surface area contributed by atoms with Crippen molar-refractivity contribution in [3.63, 3.8) is 0 Å². The van der Waals surface area contributed by atoms with E-state index in [1.165, 1.54) is 23.8 Å². The van der Waals surface area contributed by atoms with Crippen LogP contribution in [-0.2, 0) is 26.1 Å². The molecule has 0 unspecified atom stereocenters. The van der Waals surface area contributed by atoms with Crippen LogP contribution in [0.25, 0.3) is 22.7 Å². The van der Waals surface area contributed by atoms with Crippen LogP contribution in [0.15, 0.2) is 40.7 Å². The highest BCUT2D eigenvalue weighted by Gasteiger charge is 2.26. The lowest BCUT2D eigenvalue weighted by Crippen LogP contribution is -2.15. The van der Waals surface area contributed by atoms with Crippen molar-refractivity contribution in [1.82, 2.24) is 19.5 Å². The summed E-state index contributed by atoms with van der Waals surface area (Å²) >= 11 is 0. The molecular weight excluding hydrogens is 514 g/mol. The first kappa shape index (κ1) is 25.8. The minimum atomic E-state index is -3.90. The number of aromatic hydroxyl groups is 1. The van der Waals surface area contributed by atoms with Crippen molar-refractivity contribution in [3.8, 4) is 17.2 Å². The Bertz CT molecular complexity index is 1610. The molecule has 0 radical (unpaired) electrons. The molecule has 12 nitrogen and oxygen atoms in total. The number of aromatic nitrogens is 4. The standard InChI is InChI=1S/C22H20F2N6O6S/c1-4-35-16-10-5-7-12(25-16)20-28-19-21(30(20)17-14(31)8-6-9-15(17)34-2)27-18(29-37(3,32)33)13(26-19)11-36-22(23)24/h6,8-10,22,31H,4,11H2,1-3H3,(H,27,29). The fourth-order valence-corrected chi connectivity index (χ4v) is 3.88. The van der Waals surface area contributed by atoms with Crippen molar-refractivity contribution in [2.24, 2.45) is 4.99 Å². The van der Waals surface area contributed by atoms with Crippen molar-refractivity contribution in [2.75, 3.05) is 24.7 Å². The molecule has 0 bridgehead atoms. The quantitative estimate of drug-likeness (QED) is 0.395. The van der Waals surface area contributed by atoms with Gasteiger partial charge in [0.2, 0.25) is 15.9 Å². The third-order valence-electron chi connectivity index (χ3n) is 4.73. The zero-order chi connectivity index (χ0) is 26.7. The van der Waals surface area contributed by atoms with Crippen LogP contribution in [0.4, 0.5) is 14.6 Å². The molecule has 3 heterocycles. The second-order valence-electron chi connectivity index (χ2n) is 7.36. The third-order valence-corrected chi connectivity index (χ3v) is 5.29. The molecule has 0 spiro atoms. The molecule has 0 amide bonds. The summed E-state index contributed by atoms with van der Waals surface area (Å²) in [5, 5.41) is 10.8. The van der Waals surface area contributed by atoms with E-state index in [4.69, 9.17) is 9.47 Å². The number of hydrogen-bond donors (Lipinski definition) is 2. The number of ether oxygens (including phenoxy) is 3. The molecule has 15 heteroatoms. The van der Waals surface area contributed by atoms with Crippen LogP contribution in [0.1, 0.15) is 18.4 Å². The van der Waals surface area contributed by atoms with Gasteiger partial charge >= 0.3 is 6.61 Å². The van der Waals surface area contributed by atoms with E-state index in [2.05, 4.69) is 40.9 Å². The molecule has 1 aliphatic heterocycles. The van der Waals surface area contributed by atoms with Crippen molar-refractivity contribution >= 4 is 38.7 Å². The second-order valence-corrected chi connectivity index (χ2v) is 9.10. The number of benzene rings is 1. The number of sulfonamides is 1. The van der Waals surface area contributed by atoms with Gasteiger partial charge in [0.1, 0.15) is 22.9 Å². The average molecular weight is 535 g/mol. The van der Waals surface area contributed by atoms with E-state index in [-0.39, 0.29) is 57.4 Å². The molecule has 3 aromatic rings. The van der Waals surface area contributed by atoms with Crippen molar-refractivity contribution in [1.29, 1.82) is 0 Å². The highest BCUT2D eigenvalue weighted by atomic mass is 32.2. The Balaban J connectivity index is 2.06. The number of phenols is 1. The van der Waals surface area contributed by atoms with Crippen LogP contribution in [0.3, 0.4) is 0 Å². The first-order valence-electron chi connectivity index (χ1n) is 10.6. The third kappa shape index (κ3) is 5.60. The summed E-state index contributed by atoms with van der Waals surface area (Å²) in [6, 6.07) is 4.51. The van der Waals surface area contributed by atoms with Gasteiger partial charge < -0.3 is 19.3 Å². The Kier molecular flexibility index (Phi) is 7.23. The maximum absolute atomic E-state index is 12.7. The van der Waals surface area contributed by atoms with E-state index in [1.807, 2.05) is 0 Å². The van der Waals surface area contributed by atoms with Crippen LogP contribution in [-0.4, -0.2) is 65.5 Å². The van der Waals surface area contributed by atoms with Gasteiger partial charge in [-0.15, -0.1) is 0 Å². The summed E-state index contributed by atoms with van der Waals surface area (Å²) < 4.78 is 68.1. The number of nitrogens with zero attached hydrogens (tertiary/aromatic N) is 5. The number of alkyl halides is 2. The van der Waals surface area contributed by atoms with Crippen molar-refractivity contribution in [2.45, 2.75) is 20.1 Å². The fourth-order valence-electron chi connectivity index (χ4n) is 3.36. The van der Waals surface area contributed by atoms with Crippen LogP contribution in [0.5, 0.6) is 11.5 Å². The molecule has 4 rings (SSSR count). The second kappa shape index (κ2) is 10.4. The Morgan fingerprint density at radius 2 is 2.03 bits per heavy atom. The minimum absolute atomic E-state index is 0.0461. The lowest BCUT2D eigenvalue weighted by molar-refractivity contribution is -0.137. The Hall–Kier alpha value is -4.29. The zero-order valence-corrected chi connectivity index (χ0v) is 20.5. The predicted octanol–water partition coefficient (Wildman–Crippen LogP) is 2.74. The molecule has 1 aliphatic rings. The first-order chi connectivity index (χ1) is 17.6. The monoisotopic (exact) mass is 534 g/mol. The SMILES string of the molecule is CCOC1=NC(c2nc3nc(COC(F)F)c(NS(C)(=O)=O)nc3n2-c2c(O)cccc2OC)=C=C=C1. The Morgan fingerprint density at radius 3 is 2.70 bits per heavy atom. The molecule has 194 valence electrons. The number of para-hydroxylation sites is 1. The molecule has 2 aromatic heterocycles. The largest absolute Gasteiger partial charge is 0.506 e. The van der Waals surface area contributed by atoms with Gasteiger partial charge in [0.15, 0.2) is 28.6 Å². The van der Waals surface area contributed by atoms with E-state index in [1.54, 1.807) is 19.1 Å². The summed E-state index contributed by atoms with van der Waals surface area (Å²) in [5.41, 5.74) is 5.37. The summed E-state index contributed by atoms with van der Waals surface area (Å²) in [6.45, 7) is -1.81. The van der Waals surface area contributed by atoms with E-state index >= 15 is 0 Å². The predicted molar refractivity (Wildman–Crippen MR) is 128 cm³/mol. The van der Waals surface area contributed by atoms with Crippen LogP contribution in [0.2, 0.25) is 0 Å². The minimum Gasteiger partial charge on any atom is -0.506 e. The normalized spacial score (nSPS) is 13.1. The van der Waals surface area contributed by atoms with Gasteiger partial charge in [-0.05, 0) is 24.8 Å². The van der Waals surface area contributed by atoms with Crippen molar-refractivity contribution < 1.29 is 36.5 Å². The Morgan fingerprint density at radius 1 is 1.24 bits per heavy atom. The van der Waals surface area contributed by atoms with Gasteiger partial charge in [-0.3, -0.25) is 9.29 Å². The molecule has 0 atom stereocenters. The molecule has 37 heavy (non-hydrogen) atoms. The number of methoxy groups -OCH3 is 1. The van der Waals surface area contributed by atoms with Crippen LogP contribution in [0, 0.1) is 0 Å². The first-order valence-corrected chi connectivity index (χ1v) is 12.5. The van der Waals surface area contributed by atoms with Gasteiger partial charge in [-0.25, -0.2) is 28.4 Å². The van der Waals surface area contributed by atoms with Crippen molar-refractivity contribution in [3.05, 3.63) is 47.3 Å². The number of halogens is 2. The van der Waals surface area contributed by atoms with E-state index in [0.29, 0.717) is 6.61 Å². The molecule has 0 saturated heterocycles. The topological polar surface area (TPSA) is 150 Å². The van der Waals surface area contributed by atoms with Gasteiger partial charge in [0, 0.05) is 0 Å². The highest BCUT2D eigenvalue weighted by molar-refractivity contribution is 7.92. The van der Waals surface area contributed by atoms with Gasteiger partial charge in [0.05, 0.1) is 32.7 Å². The maximum atomic E-state index is 12.7. The molecular formula is C22H20F2N6O6S. The highest BCUT2D eigenvalue weighted by Crippen LogP contribution is 2.37. The maximum Gasteiger partial charge on any atom is 0.345 e. The number of anilines is 1. The Labute approximate surface area is 209 Å². The molecule has 2 N–H and O–H groups in total. The lowest BCUT2D eigenvalue weighted by atomic mass is 10.2. The summed E-state index contributed by atoms with van der Waals surface area (Å²) in [5.74, 6) is -0.149. The number of rotatable bonds is 9. The fraction of sp³-hybridized carbons (Fsp3) is 0.273. The number of phenolic OH excluding ortho intramolecular Hbond substituents is 1. The molecule has 0 saturated carbocycles. The number of imidazole rings is 1. The van der Waals surface area contributed by atoms with E-state index in [0.717, 1.165) is 6.26 Å². The van der Waals surface area contributed by atoms with Gasteiger partial charge in [-0.1, -0.05) is 11.8 Å². The summed E-state index contributed by atoms with van der Waals surface area (Å²) in [7, 11) is -2.52. The number of aliphatic imine (C=N–C) groups is 1. The summed E-state index contributed by atoms with van der Waals surface area (Å²) in [4.78, 5) is 17.3. The molecule has 0 aliphatic carbocycles. The zero-order valence-electron chi connectivity index (χ0n) is 19.7. The number of hydrogen-bond acceptors (Lipinski definition) is 10. The van der Waals surface area contributed by atoms with Gasteiger partial charge in [0.25, 0.3) is 0 Å². The lowest BCUT2D eigenvalue weighted by Gasteiger charge is -2.15. The number of fused-ring (bicyclic) bond motifs is 1. The van der Waals surface area contributed by atoms with Crippen LogP contribution < -0.4 is 9.46 Å². The van der Waals surface area contributed by atoms with E-state index in [9.17, 15) is 22.3 Å². The summed E-state index contributed by atoms with van der Waals surface area (Å²) in [6.07, 6.45) is 2.32. The smallest absolute Gasteiger partial charge is 0.345 e. The number of nitrogens with one attached hydrogen (secondary N) is 1. The molecule has 1 aromatic carbocycles. The van der Waals surface area contributed by atoms with E-state index < -0.39 is 23.2 Å². The van der Waals surface area contributed by atoms with Gasteiger partial charge in [-0.2, -0.15) is 8.78 Å². The average Bonchev–Trinajstić information content (AvgIpc) is 3.19. The molecule has 0 fully saturated rings.